The molecule has 0 unspecified atom stereocenters. The lowest BCUT2D eigenvalue weighted by Gasteiger charge is -2.06. The molecule has 0 N–H and O–H groups in total. The first-order chi connectivity index (χ1) is 7.31. The first-order valence-corrected chi connectivity index (χ1v) is 4.56. The standard InChI is InChI=1S/C12H10FNO/c1-15-12-11(7-10(13)8-14-12)9-5-3-2-4-6-9/h2-8H,1H3. The number of nitrogens with zero attached hydrogens (tertiary/aromatic N) is 1. The lowest BCUT2D eigenvalue weighted by Crippen LogP contribution is -1.92. The van der Waals surface area contributed by atoms with Crippen molar-refractivity contribution in [2.24, 2.45) is 0 Å². The van der Waals surface area contributed by atoms with E-state index in [0.717, 1.165) is 11.8 Å². The van der Waals surface area contributed by atoms with Crippen LogP contribution in [0.15, 0.2) is 42.6 Å². The number of hydrogen-bond acceptors (Lipinski definition) is 2. The average molecular weight is 203 g/mol. The molecule has 0 amide bonds. The summed E-state index contributed by atoms with van der Waals surface area (Å²) < 4.78 is 18.1. The van der Waals surface area contributed by atoms with E-state index in [1.807, 2.05) is 30.3 Å². The predicted molar refractivity (Wildman–Crippen MR) is 56.2 cm³/mol. The van der Waals surface area contributed by atoms with E-state index in [-0.39, 0.29) is 5.82 Å². The van der Waals surface area contributed by atoms with Gasteiger partial charge in [-0.2, -0.15) is 0 Å². The summed E-state index contributed by atoms with van der Waals surface area (Å²) in [5.74, 6) is 0.0669. The van der Waals surface area contributed by atoms with Gasteiger partial charge in [0, 0.05) is 5.56 Å². The van der Waals surface area contributed by atoms with Gasteiger partial charge >= 0.3 is 0 Å². The second kappa shape index (κ2) is 4.09. The molecular weight excluding hydrogens is 193 g/mol. The number of aromatic nitrogens is 1. The second-order valence-electron chi connectivity index (χ2n) is 3.08. The van der Waals surface area contributed by atoms with Crippen LogP contribution >= 0.6 is 0 Å². The number of pyridine rings is 1. The third-order valence-corrected chi connectivity index (χ3v) is 2.10. The van der Waals surface area contributed by atoms with Crippen LogP contribution in [0.4, 0.5) is 4.39 Å². The molecule has 0 bridgehead atoms. The molecule has 2 aromatic rings. The number of halogens is 1. The van der Waals surface area contributed by atoms with Crippen molar-refractivity contribution >= 4 is 0 Å². The topological polar surface area (TPSA) is 22.1 Å². The number of ether oxygens (including phenoxy) is 1. The summed E-state index contributed by atoms with van der Waals surface area (Å²) in [6.07, 6.45) is 1.14. The smallest absolute Gasteiger partial charge is 0.221 e. The van der Waals surface area contributed by atoms with E-state index >= 15 is 0 Å². The molecule has 0 saturated carbocycles. The van der Waals surface area contributed by atoms with E-state index in [2.05, 4.69) is 4.98 Å². The van der Waals surface area contributed by atoms with Gasteiger partial charge in [-0.05, 0) is 11.6 Å². The molecule has 0 aliphatic rings. The lowest BCUT2D eigenvalue weighted by molar-refractivity contribution is 0.397. The SMILES string of the molecule is COc1ncc(F)cc1-c1ccccc1. The molecule has 0 atom stereocenters. The summed E-state index contributed by atoms with van der Waals surface area (Å²) in [5, 5.41) is 0. The monoisotopic (exact) mass is 203 g/mol. The number of rotatable bonds is 2. The van der Waals surface area contributed by atoms with Crippen LogP contribution < -0.4 is 4.74 Å². The molecule has 0 radical (unpaired) electrons. The van der Waals surface area contributed by atoms with Crippen LogP contribution in [0.25, 0.3) is 11.1 Å². The van der Waals surface area contributed by atoms with Gasteiger partial charge in [0.2, 0.25) is 5.88 Å². The van der Waals surface area contributed by atoms with Crippen LogP contribution in [-0.2, 0) is 0 Å². The van der Waals surface area contributed by atoms with E-state index in [1.54, 1.807) is 0 Å². The molecule has 0 saturated heterocycles. The quantitative estimate of drug-likeness (QED) is 0.748. The molecule has 15 heavy (non-hydrogen) atoms. The largest absolute Gasteiger partial charge is 0.481 e. The van der Waals surface area contributed by atoms with Crippen molar-refractivity contribution in [2.45, 2.75) is 0 Å². The van der Waals surface area contributed by atoms with Gasteiger partial charge < -0.3 is 4.74 Å². The summed E-state index contributed by atoms with van der Waals surface area (Å²) in [7, 11) is 1.52. The van der Waals surface area contributed by atoms with Crippen molar-refractivity contribution < 1.29 is 9.13 Å². The summed E-state index contributed by atoms with van der Waals surface area (Å²) >= 11 is 0. The summed E-state index contributed by atoms with van der Waals surface area (Å²) in [5.41, 5.74) is 1.56. The highest BCUT2D eigenvalue weighted by Gasteiger charge is 2.07. The highest BCUT2D eigenvalue weighted by molar-refractivity contribution is 5.68. The summed E-state index contributed by atoms with van der Waals surface area (Å²) in [6, 6.07) is 10.9. The van der Waals surface area contributed by atoms with Gasteiger partial charge in [-0.15, -0.1) is 0 Å². The zero-order chi connectivity index (χ0) is 10.7. The van der Waals surface area contributed by atoms with Crippen LogP contribution in [0.2, 0.25) is 0 Å². The van der Waals surface area contributed by atoms with Crippen molar-refractivity contribution in [3.63, 3.8) is 0 Å². The van der Waals surface area contributed by atoms with Gasteiger partial charge in [0.25, 0.3) is 0 Å². The van der Waals surface area contributed by atoms with E-state index in [9.17, 15) is 4.39 Å². The van der Waals surface area contributed by atoms with Gasteiger partial charge in [-0.1, -0.05) is 30.3 Å². The Kier molecular flexibility index (Phi) is 2.63. The predicted octanol–water partition coefficient (Wildman–Crippen LogP) is 2.90. The third-order valence-electron chi connectivity index (χ3n) is 2.10. The van der Waals surface area contributed by atoms with Gasteiger partial charge in [0.05, 0.1) is 13.3 Å². The van der Waals surface area contributed by atoms with Crippen molar-refractivity contribution in [1.82, 2.24) is 4.98 Å². The molecule has 2 nitrogen and oxygen atoms in total. The van der Waals surface area contributed by atoms with Crippen LogP contribution in [0.5, 0.6) is 5.88 Å². The Morgan fingerprint density at radius 1 is 1.20 bits per heavy atom. The Bertz CT molecular complexity index is 456. The molecule has 76 valence electrons. The van der Waals surface area contributed by atoms with Gasteiger partial charge in [0.1, 0.15) is 5.82 Å². The summed E-state index contributed by atoms with van der Waals surface area (Å²) in [4.78, 5) is 3.88. The molecule has 0 spiro atoms. The highest BCUT2D eigenvalue weighted by Crippen LogP contribution is 2.27. The van der Waals surface area contributed by atoms with E-state index in [4.69, 9.17) is 4.74 Å². The Hall–Kier alpha value is -1.90. The van der Waals surface area contributed by atoms with E-state index < -0.39 is 0 Å². The molecule has 1 aromatic heterocycles. The highest BCUT2D eigenvalue weighted by atomic mass is 19.1. The zero-order valence-electron chi connectivity index (χ0n) is 8.27. The molecule has 1 aromatic carbocycles. The van der Waals surface area contributed by atoms with Crippen molar-refractivity contribution in [1.29, 1.82) is 0 Å². The Morgan fingerprint density at radius 3 is 2.60 bits per heavy atom. The first kappa shape index (κ1) is 9.65. The van der Waals surface area contributed by atoms with Gasteiger partial charge in [0.15, 0.2) is 0 Å². The van der Waals surface area contributed by atoms with Crippen molar-refractivity contribution in [2.75, 3.05) is 7.11 Å². The fraction of sp³-hybridized carbons (Fsp3) is 0.0833. The fourth-order valence-electron chi connectivity index (χ4n) is 1.41. The maximum absolute atomic E-state index is 13.1. The normalized spacial score (nSPS) is 10.0. The zero-order valence-corrected chi connectivity index (χ0v) is 8.27. The van der Waals surface area contributed by atoms with Crippen LogP contribution in [0.1, 0.15) is 0 Å². The average Bonchev–Trinajstić information content (AvgIpc) is 2.30. The minimum Gasteiger partial charge on any atom is -0.481 e. The molecule has 0 aliphatic heterocycles. The van der Waals surface area contributed by atoms with E-state index in [1.165, 1.54) is 13.2 Å². The minimum absolute atomic E-state index is 0.366. The molecule has 1 heterocycles. The lowest BCUT2D eigenvalue weighted by atomic mass is 10.1. The Morgan fingerprint density at radius 2 is 1.93 bits per heavy atom. The van der Waals surface area contributed by atoms with Crippen molar-refractivity contribution in [3.8, 4) is 17.0 Å². The molecule has 0 fully saturated rings. The van der Waals surface area contributed by atoms with Gasteiger partial charge in [-0.3, -0.25) is 0 Å². The fourth-order valence-corrected chi connectivity index (χ4v) is 1.41. The van der Waals surface area contributed by atoms with Crippen molar-refractivity contribution in [3.05, 3.63) is 48.4 Å². The maximum Gasteiger partial charge on any atom is 0.221 e. The Balaban J connectivity index is 2.56. The minimum atomic E-state index is -0.366. The maximum atomic E-state index is 13.1. The Labute approximate surface area is 87.4 Å². The molecular formula is C12H10FNO. The molecule has 0 aliphatic carbocycles. The third kappa shape index (κ3) is 1.96. The second-order valence-corrected chi connectivity index (χ2v) is 3.08. The molecule has 2 rings (SSSR count). The van der Waals surface area contributed by atoms with Crippen LogP contribution in [0, 0.1) is 5.82 Å². The van der Waals surface area contributed by atoms with Gasteiger partial charge in [-0.25, -0.2) is 9.37 Å². The number of benzene rings is 1. The molecule has 3 heteroatoms. The summed E-state index contributed by atoms with van der Waals surface area (Å²) in [6.45, 7) is 0. The number of hydrogen-bond donors (Lipinski definition) is 0. The van der Waals surface area contributed by atoms with Crippen LogP contribution in [0.3, 0.4) is 0 Å². The number of methoxy groups -OCH3 is 1. The first-order valence-electron chi connectivity index (χ1n) is 4.56. The van der Waals surface area contributed by atoms with E-state index in [0.29, 0.717) is 11.4 Å². The van der Waals surface area contributed by atoms with Crippen LogP contribution in [-0.4, -0.2) is 12.1 Å².